The minimum atomic E-state index is 0.0302. The molecule has 3 N–H and O–H groups in total. The van der Waals surface area contributed by atoms with Crippen LogP contribution in [0.1, 0.15) is 25.3 Å². The number of anilines is 1. The normalized spacial score (nSPS) is 16.9. The van der Waals surface area contributed by atoms with Gasteiger partial charge in [-0.15, -0.1) is 0 Å². The highest BCUT2D eigenvalue weighted by Crippen LogP contribution is 2.16. The molecule has 0 aliphatic carbocycles. The molecule has 1 aromatic carbocycles. The molecule has 1 aliphatic rings. The van der Waals surface area contributed by atoms with E-state index >= 15 is 0 Å². The lowest BCUT2D eigenvalue weighted by molar-refractivity contribution is -0.117. The first-order valence-corrected chi connectivity index (χ1v) is 7.37. The number of hydrogen-bond acceptors (Lipinski definition) is 3. The Morgan fingerprint density at radius 1 is 1.35 bits per heavy atom. The third-order valence-corrected chi connectivity index (χ3v) is 3.93. The minimum absolute atomic E-state index is 0.0302. The van der Waals surface area contributed by atoms with Gasteiger partial charge in [-0.3, -0.25) is 9.69 Å². The Hall–Kier alpha value is -1.46. The van der Waals surface area contributed by atoms with E-state index in [0.29, 0.717) is 11.5 Å². The Morgan fingerprint density at radius 3 is 2.50 bits per heavy atom. The van der Waals surface area contributed by atoms with Crippen LogP contribution in [-0.4, -0.2) is 35.4 Å². The van der Waals surface area contributed by atoms with Gasteiger partial charge in [0.15, 0.2) is 0 Å². The van der Waals surface area contributed by atoms with Crippen LogP contribution in [0, 0.1) is 5.92 Å². The monoisotopic (exact) mass is 291 g/mol. The molecule has 0 radical (unpaired) electrons. The van der Waals surface area contributed by atoms with Crippen molar-refractivity contribution in [1.29, 1.82) is 0 Å². The molecule has 2 rings (SSSR count). The van der Waals surface area contributed by atoms with Gasteiger partial charge in [-0.1, -0.05) is 19.1 Å². The van der Waals surface area contributed by atoms with Gasteiger partial charge >= 0.3 is 0 Å². The molecule has 0 aromatic heterocycles. The van der Waals surface area contributed by atoms with Crippen molar-refractivity contribution in [2.45, 2.75) is 19.8 Å². The molecular weight excluding hydrogens is 270 g/mol. The Kier molecular flexibility index (Phi) is 5.09. The summed E-state index contributed by atoms with van der Waals surface area (Å²) in [4.78, 5) is 14.6. The summed E-state index contributed by atoms with van der Waals surface area (Å²) in [5.41, 5.74) is 7.12. The molecule has 108 valence electrons. The van der Waals surface area contributed by atoms with Crippen molar-refractivity contribution in [3.63, 3.8) is 0 Å². The van der Waals surface area contributed by atoms with E-state index in [0.717, 1.165) is 30.3 Å². The molecular formula is C15H21N3OS. The van der Waals surface area contributed by atoms with Crippen LogP contribution in [0.3, 0.4) is 0 Å². The number of nitrogens with one attached hydrogen (secondary N) is 1. The smallest absolute Gasteiger partial charge is 0.238 e. The molecule has 0 saturated carbocycles. The lowest BCUT2D eigenvalue weighted by Crippen LogP contribution is -2.38. The Bertz CT molecular complexity index is 478. The van der Waals surface area contributed by atoms with Crippen LogP contribution in [0.4, 0.5) is 5.69 Å². The minimum Gasteiger partial charge on any atom is -0.389 e. The SMILES string of the molecule is CC1CCN(CC(=O)Nc2ccc(C(N)=S)cc2)CC1. The van der Waals surface area contributed by atoms with Gasteiger partial charge in [0.1, 0.15) is 4.99 Å². The van der Waals surface area contributed by atoms with Crippen LogP contribution in [0.15, 0.2) is 24.3 Å². The fourth-order valence-corrected chi connectivity index (χ4v) is 2.48. The fourth-order valence-electron chi connectivity index (χ4n) is 2.34. The second-order valence-corrected chi connectivity index (χ2v) is 5.89. The highest BCUT2D eigenvalue weighted by molar-refractivity contribution is 7.80. The van der Waals surface area contributed by atoms with Crippen LogP contribution in [0.5, 0.6) is 0 Å². The van der Waals surface area contributed by atoms with E-state index in [2.05, 4.69) is 17.1 Å². The number of nitrogens with two attached hydrogens (primary N) is 1. The van der Waals surface area contributed by atoms with E-state index in [1.54, 1.807) is 0 Å². The Balaban J connectivity index is 1.83. The summed E-state index contributed by atoms with van der Waals surface area (Å²) < 4.78 is 0. The topological polar surface area (TPSA) is 58.4 Å². The molecule has 1 aliphatic heterocycles. The highest BCUT2D eigenvalue weighted by Gasteiger charge is 2.17. The predicted molar refractivity (Wildman–Crippen MR) is 85.8 cm³/mol. The summed E-state index contributed by atoms with van der Waals surface area (Å²) in [6.45, 7) is 4.74. The first kappa shape index (κ1) is 14.9. The second kappa shape index (κ2) is 6.81. The van der Waals surface area contributed by atoms with Crippen molar-refractivity contribution < 1.29 is 4.79 Å². The molecule has 5 heteroatoms. The van der Waals surface area contributed by atoms with Crippen molar-refractivity contribution in [3.05, 3.63) is 29.8 Å². The second-order valence-electron chi connectivity index (χ2n) is 5.45. The maximum atomic E-state index is 12.0. The number of benzene rings is 1. The van der Waals surface area contributed by atoms with Gasteiger partial charge in [0.2, 0.25) is 5.91 Å². The third-order valence-electron chi connectivity index (χ3n) is 3.70. The van der Waals surface area contributed by atoms with Crippen molar-refractivity contribution in [1.82, 2.24) is 4.90 Å². The summed E-state index contributed by atoms with van der Waals surface area (Å²) in [6, 6.07) is 7.29. The molecule has 1 aromatic rings. The molecule has 1 saturated heterocycles. The van der Waals surface area contributed by atoms with E-state index in [1.165, 1.54) is 12.8 Å². The molecule has 1 fully saturated rings. The highest BCUT2D eigenvalue weighted by atomic mass is 32.1. The largest absolute Gasteiger partial charge is 0.389 e. The van der Waals surface area contributed by atoms with E-state index in [-0.39, 0.29) is 5.91 Å². The lowest BCUT2D eigenvalue weighted by atomic mass is 9.99. The van der Waals surface area contributed by atoms with Gasteiger partial charge in [-0.25, -0.2) is 0 Å². The van der Waals surface area contributed by atoms with Crippen molar-refractivity contribution in [2.75, 3.05) is 25.0 Å². The number of amides is 1. The number of rotatable bonds is 4. The predicted octanol–water partition coefficient (Wildman–Crippen LogP) is 1.99. The van der Waals surface area contributed by atoms with Crippen LogP contribution >= 0.6 is 12.2 Å². The Labute approximate surface area is 125 Å². The summed E-state index contributed by atoms with van der Waals surface area (Å²) in [6.07, 6.45) is 2.35. The van der Waals surface area contributed by atoms with Crippen LogP contribution < -0.4 is 11.1 Å². The fraction of sp³-hybridized carbons (Fsp3) is 0.467. The number of likely N-dealkylation sites (tertiary alicyclic amines) is 1. The average molecular weight is 291 g/mol. The molecule has 0 bridgehead atoms. The van der Waals surface area contributed by atoms with E-state index in [1.807, 2.05) is 24.3 Å². The van der Waals surface area contributed by atoms with E-state index < -0.39 is 0 Å². The summed E-state index contributed by atoms with van der Waals surface area (Å²) in [5, 5.41) is 2.90. The molecule has 1 heterocycles. The number of hydrogen-bond donors (Lipinski definition) is 2. The van der Waals surface area contributed by atoms with Crippen molar-refractivity contribution in [2.24, 2.45) is 11.7 Å². The van der Waals surface area contributed by atoms with Crippen LogP contribution in [0.25, 0.3) is 0 Å². The zero-order chi connectivity index (χ0) is 14.5. The summed E-state index contributed by atoms with van der Waals surface area (Å²) in [7, 11) is 0. The summed E-state index contributed by atoms with van der Waals surface area (Å²) in [5.74, 6) is 0.810. The zero-order valence-electron chi connectivity index (χ0n) is 11.8. The third kappa shape index (κ3) is 4.28. The standard InChI is InChI=1S/C15H21N3OS/c1-11-6-8-18(9-7-11)10-14(19)17-13-4-2-12(3-5-13)15(16)20/h2-5,11H,6-10H2,1H3,(H2,16,20)(H,17,19). The quantitative estimate of drug-likeness (QED) is 0.833. The van der Waals surface area contributed by atoms with Crippen molar-refractivity contribution in [3.8, 4) is 0 Å². The van der Waals surface area contributed by atoms with Gasteiger partial charge in [0.25, 0.3) is 0 Å². The molecule has 0 atom stereocenters. The molecule has 0 unspecified atom stereocenters. The number of carbonyl (C=O) groups is 1. The zero-order valence-corrected chi connectivity index (χ0v) is 12.6. The van der Waals surface area contributed by atoms with E-state index in [4.69, 9.17) is 18.0 Å². The Morgan fingerprint density at radius 2 is 1.95 bits per heavy atom. The molecule has 4 nitrogen and oxygen atoms in total. The number of thiocarbonyl (C=S) groups is 1. The van der Waals surface area contributed by atoms with E-state index in [9.17, 15) is 4.79 Å². The maximum Gasteiger partial charge on any atom is 0.238 e. The number of nitrogens with zero attached hydrogens (tertiary/aromatic N) is 1. The van der Waals surface area contributed by atoms with Gasteiger partial charge in [0, 0.05) is 11.3 Å². The molecule has 0 spiro atoms. The maximum absolute atomic E-state index is 12.0. The van der Waals surface area contributed by atoms with Gasteiger partial charge < -0.3 is 11.1 Å². The van der Waals surface area contributed by atoms with Gasteiger partial charge in [-0.05, 0) is 56.1 Å². The van der Waals surface area contributed by atoms with Crippen molar-refractivity contribution >= 4 is 28.8 Å². The number of piperidine rings is 1. The number of carbonyl (C=O) groups excluding carboxylic acids is 1. The lowest BCUT2D eigenvalue weighted by Gasteiger charge is -2.29. The first-order valence-electron chi connectivity index (χ1n) is 6.96. The molecule has 1 amide bonds. The first-order chi connectivity index (χ1) is 9.54. The average Bonchev–Trinajstić information content (AvgIpc) is 2.42. The van der Waals surface area contributed by atoms with Gasteiger partial charge in [0.05, 0.1) is 6.54 Å². The van der Waals surface area contributed by atoms with Crippen LogP contribution in [0.2, 0.25) is 0 Å². The summed E-state index contributed by atoms with van der Waals surface area (Å²) >= 11 is 4.89. The van der Waals surface area contributed by atoms with Crippen LogP contribution in [-0.2, 0) is 4.79 Å². The van der Waals surface area contributed by atoms with Gasteiger partial charge in [-0.2, -0.15) is 0 Å². The molecule has 20 heavy (non-hydrogen) atoms.